The van der Waals surface area contributed by atoms with Crippen molar-refractivity contribution in [1.29, 1.82) is 0 Å². The molecule has 1 aromatic rings. The van der Waals surface area contributed by atoms with Crippen LogP contribution < -0.4 is 0 Å². The van der Waals surface area contributed by atoms with E-state index in [1.54, 1.807) is 6.07 Å². The third-order valence-corrected chi connectivity index (χ3v) is 4.57. The lowest BCUT2D eigenvalue weighted by Crippen LogP contribution is -2.28. The minimum Gasteiger partial charge on any atom is -0.0915 e. The van der Waals surface area contributed by atoms with Crippen LogP contribution in [0.15, 0.2) is 24.3 Å². The van der Waals surface area contributed by atoms with E-state index in [2.05, 4.69) is 20.3 Å². The Kier molecular flexibility index (Phi) is 5.32. The third kappa shape index (κ3) is 4.08. The van der Waals surface area contributed by atoms with Gasteiger partial charge in [0, 0.05) is 0 Å². The van der Waals surface area contributed by atoms with E-state index < -0.39 is 8.13 Å². The highest BCUT2D eigenvalue weighted by Gasteiger charge is 2.47. The van der Waals surface area contributed by atoms with Gasteiger partial charge in [0.15, 0.2) is 4.33 Å². The summed E-state index contributed by atoms with van der Waals surface area (Å²) < 4.78 is -3.36. The molecule has 0 N–H and O–H groups in total. The second-order valence-corrected chi connectivity index (χ2v) is 7.72. The maximum absolute atomic E-state index is 6.10. The van der Waals surface area contributed by atoms with Gasteiger partial charge in [-0.25, -0.2) is 0 Å². The van der Waals surface area contributed by atoms with Crippen molar-refractivity contribution in [3.05, 3.63) is 41.8 Å². The Bertz CT molecular complexity index is 379. The van der Waals surface area contributed by atoms with E-state index in [-0.39, 0.29) is 0 Å². The Morgan fingerprint density at radius 3 is 2.12 bits per heavy atom. The summed E-state index contributed by atoms with van der Waals surface area (Å²) in [4.78, 5) is 0. The second-order valence-electron chi connectivity index (χ2n) is 4.11. The van der Waals surface area contributed by atoms with Gasteiger partial charge >= 0.3 is 0 Å². The molecule has 0 fully saturated rings. The molecule has 0 atom stereocenters. The molecule has 0 spiro atoms. The zero-order chi connectivity index (χ0) is 13.3. The fourth-order valence-corrected chi connectivity index (χ4v) is 1.95. The topological polar surface area (TPSA) is 0 Å². The average molecular weight is 333 g/mol. The van der Waals surface area contributed by atoms with Gasteiger partial charge in [0.1, 0.15) is 0 Å². The molecule has 0 unspecified atom stereocenters. The molecule has 95 valence electrons. The Morgan fingerprint density at radius 1 is 1.06 bits per heavy atom. The lowest BCUT2D eigenvalue weighted by atomic mass is 10.00. The van der Waals surface area contributed by atoms with Crippen molar-refractivity contribution in [3.8, 4) is 0 Å². The zero-order valence-corrected chi connectivity index (χ0v) is 13.1. The molecule has 0 heterocycles. The lowest BCUT2D eigenvalue weighted by molar-refractivity contribution is 0.774. The van der Waals surface area contributed by atoms with Crippen molar-refractivity contribution < 1.29 is 0 Å². The average Bonchev–Trinajstić information content (AvgIpc) is 2.15. The molecule has 0 saturated carbocycles. The van der Waals surface area contributed by atoms with Crippen LogP contribution in [0.3, 0.4) is 0 Å². The van der Waals surface area contributed by atoms with Gasteiger partial charge in [-0.3, -0.25) is 0 Å². The van der Waals surface area contributed by atoms with E-state index in [1.807, 2.05) is 18.2 Å². The Morgan fingerprint density at radius 2 is 1.65 bits per heavy atom. The van der Waals surface area contributed by atoms with Crippen LogP contribution in [0.4, 0.5) is 0 Å². The van der Waals surface area contributed by atoms with Crippen molar-refractivity contribution in [2.75, 3.05) is 0 Å². The quantitative estimate of drug-likeness (QED) is 0.605. The number of benzene rings is 1. The Balaban J connectivity index is 3.07. The van der Waals surface area contributed by atoms with Crippen LogP contribution in [0.1, 0.15) is 25.0 Å². The van der Waals surface area contributed by atoms with E-state index in [9.17, 15) is 0 Å². The lowest BCUT2D eigenvalue weighted by Gasteiger charge is -2.28. The molecule has 0 aliphatic rings. The number of rotatable bonds is 3. The van der Waals surface area contributed by atoms with E-state index >= 15 is 0 Å². The summed E-state index contributed by atoms with van der Waals surface area (Å²) in [6.07, 6.45) is 2.08. The Hall–Kier alpha value is 0.670. The van der Waals surface area contributed by atoms with Crippen molar-refractivity contribution in [1.82, 2.24) is 0 Å². The monoisotopic (exact) mass is 331 g/mol. The molecular formula is C12H12Cl5. The summed E-state index contributed by atoms with van der Waals surface area (Å²) in [5.74, 6) is 0.415. The standard InChI is InChI=1S/C12H12Cl5/c1-8(2)6-9-4-3-5-10(7-9)11(13,14)12(15,16)17/h3-8H,1-2H3. The molecule has 0 amide bonds. The zero-order valence-electron chi connectivity index (χ0n) is 9.35. The molecule has 1 radical (unpaired) electrons. The highest BCUT2D eigenvalue weighted by Crippen LogP contribution is 2.52. The van der Waals surface area contributed by atoms with Crippen LogP contribution in [0, 0.1) is 12.3 Å². The van der Waals surface area contributed by atoms with Gasteiger partial charge in [-0.1, -0.05) is 96.1 Å². The summed E-state index contributed by atoms with van der Waals surface area (Å²) in [7, 11) is 0. The molecule has 0 saturated heterocycles. The van der Waals surface area contributed by atoms with Crippen LogP contribution in [-0.4, -0.2) is 3.79 Å². The summed E-state index contributed by atoms with van der Waals surface area (Å²) in [6.45, 7) is 4.16. The third-order valence-electron chi connectivity index (χ3n) is 2.13. The van der Waals surface area contributed by atoms with Crippen LogP contribution in [0.2, 0.25) is 0 Å². The van der Waals surface area contributed by atoms with E-state index in [0.29, 0.717) is 11.5 Å². The number of hydrogen-bond donors (Lipinski definition) is 0. The van der Waals surface area contributed by atoms with Gasteiger partial charge in [0.05, 0.1) is 0 Å². The van der Waals surface area contributed by atoms with Crippen molar-refractivity contribution in [3.63, 3.8) is 0 Å². The molecule has 0 aromatic heterocycles. The number of hydrogen-bond acceptors (Lipinski definition) is 0. The first-order valence-electron chi connectivity index (χ1n) is 5.04. The Labute approximate surface area is 127 Å². The van der Waals surface area contributed by atoms with Crippen molar-refractivity contribution in [2.24, 2.45) is 5.92 Å². The fourth-order valence-electron chi connectivity index (χ4n) is 1.39. The van der Waals surface area contributed by atoms with Gasteiger partial charge < -0.3 is 0 Å². The number of alkyl halides is 5. The molecule has 17 heavy (non-hydrogen) atoms. The van der Waals surface area contributed by atoms with Gasteiger partial charge in [-0.05, 0) is 23.5 Å². The van der Waals surface area contributed by atoms with Crippen LogP contribution in [0.5, 0.6) is 0 Å². The summed E-state index contributed by atoms with van der Waals surface area (Å²) >= 11 is 29.5. The van der Waals surface area contributed by atoms with Crippen LogP contribution >= 0.6 is 58.0 Å². The largest absolute Gasteiger partial charge is 0.227 e. The molecule has 0 nitrogen and oxygen atoms in total. The van der Waals surface area contributed by atoms with E-state index in [4.69, 9.17) is 58.0 Å². The van der Waals surface area contributed by atoms with Gasteiger partial charge in [-0.2, -0.15) is 0 Å². The maximum atomic E-state index is 6.10. The van der Waals surface area contributed by atoms with E-state index in [1.165, 1.54) is 0 Å². The molecule has 5 heteroatoms. The van der Waals surface area contributed by atoms with Crippen molar-refractivity contribution in [2.45, 2.75) is 22.0 Å². The molecular weight excluding hydrogens is 321 g/mol. The smallest absolute Gasteiger partial charge is 0.0915 e. The maximum Gasteiger partial charge on any atom is 0.227 e. The van der Waals surface area contributed by atoms with Gasteiger partial charge in [0.25, 0.3) is 0 Å². The van der Waals surface area contributed by atoms with E-state index in [0.717, 1.165) is 5.56 Å². The van der Waals surface area contributed by atoms with Crippen molar-refractivity contribution >= 4 is 58.0 Å². The first kappa shape index (κ1) is 15.7. The fraction of sp³-hybridized carbons (Fsp3) is 0.417. The molecule has 0 bridgehead atoms. The summed E-state index contributed by atoms with van der Waals surface area (Å²) in [5.41, 5.74) is 1.56. The normalized spacial score (nSPS) is 13.2. The SMILES string of the molecule is CC(C)[CH]c1cccc(C(Cl)(Cl)C(Cl)(Cl)Cl)c1. The first-order valence-corrected chi connectivity index (χ1v) is 6.93. The van der Waals surface area contributed by atoms with Crippen LogP contribution in [-0.2, 0) is 4.33 Å². The molecule has 1 rings (SSSR count). The summed E-state index contributed by atoms with van der Waals surface area (Å²) in [5, 5.41) is 0. The second kappa shape index (κ2) is 5.75. The van der Waals surface area contributed by atoms with Gasteiger partial charge in [-0.15, -0.1) is 0 Å². The van der Waals surface area contributed by atoms with Crippen LogP contribution in [0.25, 0.3) is 0 Å². The summed E-state index contributed by atoms with van der Waals surface area (Å²) in [6, 6.07) is 7.34. The number of halogens is 5. The van der Waals surface area contributed by atoms with Gasteiger partial charge in [0.2, 0.25) is 3.79 Å². The molecule has 0 aliphatic carbocycles. The molecule has 1 aromatic carbocycles. The predicted octanol–water partition coefficient (Wildman–Crippen LogP) is 5.90. The molecule has 0 aliphatic heterocycles. The first-order chi connectivity index (χ1) is 7.64. The highest BCUT2D eigenvalue weighted by molar-refractivity contribution is 6.75. The highest BCUT2D eigenvalue weighted by atomic mass is 35.6. The minimum atomic E-state index is -1.79. The minimum absolute atomic E-state index is 0.415. The predicted molar refractivity (Wildman–Crippen MR) is 78.4 cm³/mol.